The zero-order chi connectivity index (χ0) is 12.3. The van der Waals surface area contributed by atoms with E-state index < -0.39 is 0 Å². The summed E-state index contributed by atoms with van der Waals surface area (Å²) in [5, 5.41) is 0.603. The second-order valence-electron chi connectivity index (χ2n) is 3.46. The molecule has 0 aliphatic heterocycles. The lowest BCUT2D eigenvalue weighted by Gasteiger charge is -2.06. The molecule has 0 saturated carbocycles. The monoisotopic (exact) mass is 268 g/mol. The van der Waals surface area contributed by atoms with Gasteiger partial charge in [0.2, 0.25) is 0 Å². The minimum absolute atomic E-state index is 0.516. The molecule has 17 heavy (non-hydrogen) atoms. The van der Waals surface area contributed by atoms with Crippen LogP contribution < -0.4 is 10.5 Å². The highest BCUT2D eigenvalue weighted by atomic mass is 35.5. The number of aromatic nitrogens is 1. The fourth-order valence-corrected chi connectivity index (χ4v) is 2.33. The Hall–Kier alpha value is -1.10. The van der Waals surface area contributed by atoms with E-state index in [4.69, 9.17) is 22.1 Å². The number of nitrogens with two attached hydrogens (primary N) is 1. The Morgan fingerprint density at radius 1 is 1.41 bits per heavy atom. The number of nitrogens with zero attached hydrogens (tertiary/aromatic N) is 1. The zero-order valence-electron chi connectivity index (χ0n) is 9.44. The third kappa shape index (κ3) is 2.77. The highest BCUT2D eigenvalue weighted by Crippen LogP contribution is 2.30. The van der Waals surface area contributed by atoms with Gasteiger partial charge in [-0.15, -0.1) is 0 Å². The molecule has 0 aliphatic carbocycles. The molecule has 2 N–H and O–H groups in total. The molecule has 0 aliphatic rings. The highest BCUT2D eigenvalue weighted by molar-refractivity contribution is 7.06. The van der Waals surface area contributed by atoms with Crippen molar-refractivity contribution in [1.29, 1.82) is 0 Å². The van der Waals surface area contributed by atoms with Crippen LogP contribution in [-0.2, 0) is 6.54 Å². The van der Waals surface area contributed by atoms with Crippen LogP contribution in [-0.4, -0.2) is 11.0 Å². The predicted molar refractivity (Wildman–Crippen MR) is 71.6 cm³/mol. The predicted octanol–water partition coefficient (Wildman–Crippen LogP) is 3.32. The minimum atomic E-state index is 0.516. The maximum absolute atomic E-state index is 6.12. The summed E-state index contributed by atoms with van der Waals surface area (Å²) in [5.41, 5.74) is 7.44. The summed E-state index contributed by atoms with van der Waals surface area (Å²) in [4.78, 5) is 1.06. The van der Waals surface area contributed by atoms with Crippen molar-refractivity contribution in [3.63, 3.8) is 0 Å². The van der Waals surface area contributed by atoms with Gasteiger partial charge in [0, 0.05) is 17.0 Å². The second-order valence-corrected chi connectivity index (χ2v) is 4.76. The van der Waals surface area contributed by atoms with Gasteiger partial charge in [0.05, 0.1) is 17.3 Å². The number of rotatable bonds is 4. The first-order chi connectivity index (χ1) is 8.24. The van der Waals surface area contributed by atoms with Crippen LogP contribution in [0, 0.1) is 0 Å². The van der Waals surface area contributed by atoms with Crippen LogP contribution in [0.2, 0.25) is 5.02 Å². The quantitative estimate of drug-likeness (QED) is 0.925. The maximum atomic E-state index is 6.12. The molecule has 1 aromatic carbocycles. The van der Waals surface area contributed by atoms with Crippen molar-refractivity contribution < 1.29 is 4.74 Å². The van der Waals surface area contributed by atoms with E-state index in [2.05, 4.69) is 4.37 Å². The Bertz CT molecular complexity index is 513. The van der Waals surface area contributed by atoms with Gasteiger partial charge in [-0.05, 0) is 42.7 Å². The summed E-state index contributed by atoms with van der Waals surface area (Å²) in [6.45, 7) is 3.05. The number of hydrogen-bond donors (Lipinski definition) is 1. The van der Waals surface area contributed by atoms with Crippen molar-refractivity contribution in [2.24, 2.45) is 5.73 Å². The molecular weight excluding hydrogens is 256 g/mol. The van der Waals surface area contributed by atoms with E-state index >= 15 is 0 Å². The Morgan fingerprint density at radius 3 is 2.82 bits per heavy atom. The van der Waals surface area contributed by atoms with Crippen molar-refractivity contribution in [2.45, 2.75) is 13.5 Å². The molecule has 0 spiro atoms. The van der Waals surface area contributed by atoms with Gasteiger partial charge in [-0.1, -0.05) is 11.6 Å². The van der Waals surface area contributed by atoms with Gasteiger partial charge in [0.1, 0.15) is 5.75 Å². The average Bonchev–Trinajstić information content (AvgIpc) is 2.80. The Balaban J connectivity index is 2.30. The van der Waals surface area contributed by atoms with Crippen LogP contribution in [0.5, 0.6) is 5.75 Å². The Morgan fingerprint density at radius 2 is 2.24 bits per heavy atom. The first-order valence-electron chi connectivity index (χ1n) is 5.33. The molecule has 1 aromatic heterocycles. The van der Waals surface area contributed by atoms with Gasteiger partial charge in [-0.25, -0.2) is 0 Å². The van der Waals surface area contributed by atoms with Crippen molar-refractivity contribution in [2.75, 3.05) is 6.61 Å². The maximum Gasteiger partial charge on any atom is 0.137 e. The first-order valence-corrected chi connectivity index (χ1v) is 6.48. The van der Waals surface area contributed by atoms with Gasteiger partial charge >= 0.3 is 0 Å². The van der Waals surface area contributed by atoms with Crippen molar-refractivity contribution in [1.82, 2.24) is 4.37 Å². The van der Waals surface area contributed by atoms with Crippen LogP contribution in [0.15, 0.2) is 24.3 Å². The van der Waals surface area contributed by atoms with Gasteiger partial charge in [0.25, 0.3) is 0 Å². The topological polar surface area (TPSA) is 48.1 Å². The van der Waals surface area contributed by atoms with Crippen LogP contribution in [0.25, 0.3) is 11.3 Å². The van der Waals surface area contributed by atoms with Crippen LogP contribution in [0.4, 0.5) is 0 Å². The molecule has 2 rings (SSSR count). The summed E-state index contributed by atoms with van der Waals surface area (Å²) in [6, 6.07) is 7.66. The third-order valence-electron chi connectivity index (χ3n) is 2.29. The molecular formula is C12H13ClN2OS. The molecule has 0 fully saturated rings. The number of halogens is 1. The fourth-order valence-electron chi connectivity index (χ4n) is 1.48. The van der Waals surface area contributed by atoms with Gasteiger partial charge in [-0.3, -0.25) is 0 Å². The van der Waals surface area contributed by atoms with Gasteiger partial charge < -0.3 is 10.5 Å². The minimum Gasteiger partial charge on any atom is -0.492 e. The molecule has 1 heterocycles. The lowest BCUT2D eigenvalue weighted by atomic mass is 10.1. The van der Waals surface area contributed by atoms with Crippen molar-refractivity contribution in [3.05, 3.63) is 34.2 Å². The summed E-state index contributed by atoms with van der Waals surface area (Å²) < 4.78 is 9.72. The number of ether oxygens (including phenoxy) is 1. The van der Waals surface area contributed by atoms with E-state index in [9.17, 15) is 0 Å². The van der Waals surface area contributed by atoms with Crippen LogP contribution in [0.1, 0.15) is 11.8 Å². The Labute approximate surface area is 109 Å². The smallest absolute Gasteiger partial charge is 0.137 e. The normalized spacial score (nSPS) is 10.5. The van der Waals surface area contributed by atoms with Crippen LogP contribution in [0.3, 0.4) is 0 Å². The molecule has 0 amide bonds. The highest BCUT2D eigenvalue weighted by Gasteiger charge is 2.07. The molecule has 0 bridgehead atoms. The van der Waals surface area contributed by atoms with E-state index in [0.717, 1.165) is 16.1 Å². The second kappa shape index (κ2) is 5.49. The number of benzene rings is 1. The van der Waals surface area contributed by atoms with E-state index in [1.54, 1.807) is 0 Å². The Kier molecular flexibility index (Phi) is 3.99. The van der Waals surface area contributed by atoms with E-state index in [-0.39, 0.29) is 0 Å². The molecule has 0 radical (unpaired) electrons. The van der Waals surface area contributed by atoms with Gasteiger partial charge in [-0.2, -0.15) is 4.37 Å². The standard InChI is InChI=1S/C12H13ClN2OS/c1-2-16-12-4-3-8(5-10(12)13)11-6-9(7-14)17-15-11/h3-6H,2,7,14H2,1H3. The average molecular weight is 269 g/mol. The summed E-state index contributed by atoms with van der Waals surface area (Å²) in [5.74, 6) is 0.701. The third-order valence-corrected chi connectivity index (χ3v) is 3.39. The van der Waals surface area contributed by atoms with E-state index in [1.165, 1.54) is 11.5 Å². The van der Waals surface area contributed by atoms with Gasteiger partial charge in [0.15, 0.2) is 0 Å². The summed E-state index contributed by atoms with van der Waals surface area (Å²) >= 11 is 7.54. The van der Waals surface area contributed by atoms with Crippen molar-refractivity contribution >= 4 is 23.1 Å². The molecule has 5 heteroatoms. The van der Waals surface area contributed by atoms with Crippen molar-refractivity contribution in [3.8, 4) is 17.0 Å². The zero-order valence-corrected chi connectivity index (χ0v) is 11.0. The molecule has 3 nitrogen and oxygen atoms in total. The van der Waals surface area contributed by atoms with E-state index in [1.807, 2.05) is 31.2 Å². The first kappa shape index (κ1) is 12.4. The molecule has 0 unspecified atom stereocenters. The molecule has 0 saturated heterocycles. The van der Waals surface area contributed by atoms with E-state index in [0.29, 0.717) is 23.9 Å². The summed E-state index contributed by atoms with van der Waals surface area (Å²) in [7, 11) is 0. The lowest BCUT2D eigenvalue weighted by Crippen LogP contribution is -1.92. The lowest BCUT2D eigenvalue weighted by molar-refractivity contribution is 0.340. The summed E-state index contributed by atoms with van der Waals surface area (Å²) in [6.07, 6.45) is 0. The molecule has 2 aromatic rings. The molecule has 90 valence electrons. The fraction of sp³-hybridized carbons (Fsp3) is 0.250. The largest absolute Gasteiger partial charge is 0.492 e. The molecule has 0 atom stereocenters. The SMILES string of the molecule is CCOc1ccc(-c2cc(CN)sn2)cc1Cl. The van der Waals surface area contributed by atoms with Crippen LogP contribution >= 0.6 is 23.1 Å². The number of hydrogen-bond acceptors (Lipinski definition) is 4.